The molecule has 0 radical (unpaired) electrons. The van der Waals surface area contributed by atoms with Crippen molar-refractivity contribution in [3.05, 3.63) is 58.8 Å². The van der Waals surface area contributed by atoms with Gasteiger partial charge in [0, 0.05) is 30.6 Å². The summed E-state index contributed by atoms with van der Waals surface area (Å²) >= 11 is 0. The molecule has 0 spiro atoms. The van der Waals surface area contributed by atoms with Gasteiger partial charge in [0.05, 0.1) is 29.8 Å². The molecule has 0 bridgehead atoms. The number of rotatable bonds is 5. The first-order chi connectivity index (χ1) is 12.3. The first kappa shape index (κ1) is 17.9. The van der Waals surface area contributed by atoms with Crippen LogP contribution in [0.3, 0.4) is 0 Å². The SMILES string of the molecule is Cc1[nH]ncc1C(Oc1cc(CO)n(C)n1)c1ccc(C(F)(F)F)cn1. The van der Waals surface area contributed by atoms with Gasteiger partial charge in [-0.3, -0.25) is 14.8 Å². The van der Waals surface area contributed by atoms with Crippen molar-refractivity contribution in [3.63, 3.8) is 0 Å². The van der Waals surface area contributed by atoms with Crippen molar-refractivity contribution < 1.29 is 23.0 Å². The van der Waals surface area contributed by atoms with E-state index in [0.29, 0.717) is 17.0 Å². The summed E-state index contributed by atoms with van der Waals surface area (Å²) in [7, 11) is 1.65. The highest BCUT2D eigenvalue weighted by atomic mass is 19.4. The first-order valence-corrected chi connectivity index (χ1v) is 7.63. The second-order valence-corrected chi connectivity index (χ2v) is 5.67. The smallest absolute Gasteiger partial charge is 0.417 e. The maximum Gasteiger partial charge on any atom is 0.417 e. The van der Waals surface area contributed by atoms with Crippen LogP contribution in [0.1, 0.15) is 34.3 Å². The molecule has 3 heterocycles. The zero-order valence-corrected chi connectivity index (χ0v) is 13.9. The average Bonchev–Trinajstić information content (AvgIpc) is 3.17. The summed E-state index contributed by atoms with van der Waals surface area (Å²) in [4.78, 5) is 3.92. The van der Waals surface area contributed by atoms with Crippen LogP contribution in [-0.2, 0) is 19.8 Å². The predicted molar refractivity (Wildman–Crippen MR) is 84.2 cm³/mol. The minimum absolute atomic E-state index is 0.212. The number of ether oxygens (including phenoxy) is 1. The number of aromatic amines is 1. The fourth-order valence-electron chi connectivity index (χ4n) is 2.44. The van der Waals surface area contributed by atoms with Crippen LogP contribution in [0.5, 0.6) is 5.88 Å². The quantitative estimate of drug-likeness (QED) is 0.723. The van der Waals surface area contributed by atoms with Crippen LogP contribution in [0.25, 0.3) is 0 Å². The highest BCUT2D eigenvalue weighted by molar-refractivity contribution is 5.30. The van der Waals surface area contributed by atoms with Gasteiger partial charge in [-0.05, 0) is 19.1 Å². The van der Waals surface area contributed by atoms with Crippen molar-refractivity contribution in [2.45, 2.75) is 25.8 Å². The minimum atomic E-state index is -4.47. The topological polar surface area (TPSA) is 88.9 Å². The Bertz CT molecular complexity index is 886. The highest BCUT2D eigenvalue weighted by Gasteiger charge is 2.31. The number of hydrogen-bond acceptors (Lipinski definition) is 5. The Hall–Kier alpha value is -2.88. The second kappa shape index (κ2) is 6.79. The van der Waals surface area contributed by atoms with Crippen LogP contribution in [-0.4, -0.2) is 30.1 Å². The van der Waals surface area contributed by atoms with E-state index in [1.165, 1.54) is 16.9 Å². The van der Waals surface area contributed by atoms with Crippen molar-refractivity contribution in [1.82, 2.24) is 25.0 Å². The van der Waals surface area contributed by atoms with E-state index in [2.05, 4.69) is 20.3 Å². The van der Waals surface area contributed by atoms with Gasteiger partial charge >= 0.3 is 6.18 Å². The molecule has 0 aliphatic carbocycles. The number of aliphatic hydroxyl groups is 1. The fraction of sp³-hybridized carbons (Fsp3) is 0.312. The normalized spacial score (nSPS) is 13.0. The van der Waals surface area contributed by atoms with E-state index in [9.17, 15) is 18.3 Å². The molecule has 10 heteroatoms. The van der Waals surface area contributed by atoms with Gasteiger partial charge in [0.2, 0.25) is 5.88 Å². The Morgan fingerprint density at radius 3 is 2.58 bits per heavy atom. The third-order valence-corrected chi connectivity index (χ3v) is 3.89. The number of nitrogens with one attached hydrogen (secondary N) is 1. The second-order valence-electron chi connectivity index (χ2n) is 5.67. The summed E-state index contributed by atoms with van der Waals surface area (Å²) in [5, 5.41) is 20.1. The highest BCUT2D eigenvalue weighted by Crippen LogP contribution is 2.32. The molecule has 7 nitrogen and oxygen atoms in total. The molecular formula is C16H16F3N5O2. The number of alkyl halides is 3. The van der Waals surface area contributed by atoms with Gasteiger partial charge in [0.1, 0.15) is 0 Å². The lowest BCUT2D eigenvalue weighted by atomic mass is 10.1. The number of hydrogen-bond donors (Lipinski definition) is 2. The van der Waals surface area contributed by atoms with E-state index in [1.807, 2.05) is 0 Å². The number of halogens is 3. The lowest BCUT2D eigenvalue weighted by molar-refractivity contribution is -0.137. The number of aromatic nitrogens is 5. The van der Waals surface area contributed by atoms with Gasteiger partial charge in [0.15, 0.2) is 6.10 Å². The number of aryl methyl sites for hydroxylation is 2. The summed E-state index contributed by atoms with van der Waals surface area (Å²) in [6.45, 7) is 1.54. The lowest BCUT2D eigenvalue weighted by Crippen LogP contribution is -2.14. The number of aliphatic hydroxyl groups excluding tert-OH is 1. The molecule has 3 rings (SSSR count). The monoisotopic (exact) mass is 367 g/mol. The largest absolute Gasteiger partial charge is 0.462 e. The molecule has 1 atom stereocenters. The molecule has 138 valence electrons. The Morgan fingerprint density at radius 1 is 1.31 bits per heavy atom. The van der Waals surface area contributed by atoms with Gasteiger partial charge in [-0.2, -0.15) is 18.3 Å². The third-order valence-electron chi connectivity index (χ3n) is 3.89. The summed E-state index contributed by atoms with van der Waals surface area (Å²) in [5.41, 5.74) is 1.27. The average molecular weight is 367 g/mol. The zero-order valence-electron chi connectivity index (χ0n) is 13.9. The van der Waals surface area contributed by atoms with Crippen LogP contribution in [0.2, 0.25) is 0 Å². The number of H-pyrrole nitrogens is 1. The molecule has 0 aromatic carbocycles. The predicted octanol–water partition coefficient (Wildman–Crippen LogP) is 2.53. The molecule has 0 aliphatic heterocycles. The van der Waals surface area contributed by atoms with Crippen molar-refractivity contribution in [2.24, 2.45) is 7.05 Å². The van der Waals surface area contributed by atoms with Crippen LogP contribution in [0.4, 0.5) is 13.2 Å². The van der Waals surface area contributed by atoms with Crippen LogP contribution in [0, 0.1) is 6.92 Å². The summed E-state index contributed by atoms with van der Waals surface area (Å²) < 4.78 is 45.6. The maximum atomic E-state index is 12.8. The van der Waals surface area contributed by atoms with Crippen LogP contribution in [0.15, 0.2) is 30.6 Å². The van der Waals surface area contributed by atoms with Crippen molar-refractivity contribution in [3.8, 4) is 5.88 Å². The first-order valence-electron chi connectivity index (χ1n) is 7.63. The Labute approximate surface area is 146 Å². The van der Waals surface area contributed by atoms with Crippen molar-refractivity contribution in [1.29, 1.82) is 0 Å². The van der Waals surface area contributed by atoms with E-state index in [1.54, 1.807) is 20.0 Å². The number of nitrogens with zero attached hydrogens (tertiary/aromatic N) is 4. The molecule has 0 saturated heterocycles. The van der Waals surface area contributed by atoms with Gasteiger partial charge in [-0.1, -0.05) is 0 Å². The fourth-order valence-corrected chi connectivity index (χ4v) is 2.44. The molecule has 3 aromatic rings. The molecular weight excluding hydrogens is 351 g/mol. The van der Waals surface area contributed by atoms with Crippen LogP contribution < -0.4 is 4.74 Å². The van der Waals surface area contributed by atoms with E-state index in [-0.39, 0.29) is 18.2 Å². The van der Waals surface area contributed by atoms with Gasteiger partial charge in [-0.25, -0.2) is 0 Å². The zero-order chi connectivity index (χ0) is 18.9. The molecule has 26 heavy (non-hydrogen) atoms. The Morgan fingerprint density at radius 2 is 2.08 bits per heavy atom. The van der Waals surface area contributed by atoms with Crippen LogP contribution >= 0.6 is 0 Å². The van der Waals surface area contributed by atoms with Gasteiger partial charge < -0.3 is 9.84 Å². The lowest BCUT2D eigenvalue weighted by Gasteiger charge is -2.17. The van der Waals surface area contributed by atoms with Crippen molar-refractivity contribution in [2.75, 3.05) is 0 Å². The van der Waals surface area contributed by atoms with E-state index in [0.717, 1.165) is 12.3 Å². The van der Waals surface area contributed by atoms with E-state index >= 15 is 0 Å². The Kier molecular flexibility index (Phi) is 4.68. The Balaban J connectivity index is 1.97. The third kappa shape index (κ3) is 3.54. The summed E-state index contributed by atoms with van der Waals surface area (Å²) in [6, 6.07) is 3.76. The molecule has 3 aromatic heterocycles. The molecule has 2 N–H and O–H groups in total. The molecule has 0 amide bonds. The number of pyridine rings is 1. The van der Waals surface area contributed by atoms with Crippen molar-refractivity contribution >= 4 is 0 Å². The van der Waals surface area contributed by atoms with E-state index in [4.69, 9.17) is 4.74 Å². The minimum Gasteiger partial charge on any atom is -0.462 e. The van der Waals surface area contributed by atoms with E-state index < -0.39 is 17.8 Å². The summed E-state index contributed by atoms with van der Waals surface area (Å²) in [5.74, 6) is 0.212. The molecule has 0 aliphatic rings. The maximum absolute atomic E-state index is 12.8. The molecule has 0 fully saturated rings. The molecule has 1 unspecified atom stereocenters. The summed E-state index contributed by atoms with van der Waals surface area (Å²) in [6.07, 6.45) is -2.99. The van der Waals surface area contributed by atoms with Gasteiger partial charge in [-0.15, -0.1) is 5.10 Å². The molecule has 0 saturated carbocycles. The van der Waals surface area contributed by atoms with Gasteiger partial charge in [0.25, 0.3) is 0 Å². The standard InChI is InChI=1S/C16H16F3N5O2/c1-9-12(7-21-22-9)15(26-14-5-11(8-25)24(2)23-14)13-4-3-10(6-20-13)16(17,18)19/h3-7,15,25H,8H2,1-2H3,(H,21,22).